The number of likely N-dealkylation sites (tertiary alicyclic amines) is 1. The van der Waals surface area contributed by atoms with Gasteiger partial charge in [-0.05, 0) is 44.6 Å². The third kappa shape index (κ3) is 6.19. The molecule has 4 rings (SSSR count). The van der Waals surface area contributed by atoms with E-state index >= 15 is 0 Å². The van der Waals surface area contributed by atoms with Gasteiger partial charge in [0.15, 0.2) is 0 Å². The van der Waals surface area contributed by atoms with Gasteiger partial charge >= 0.3 is 5.97 Å². The molecule has 10 nitrogen and oxygen atoms in total. The molecule has 3 aliphatic heterocycles. The number of hydrogen-bond donors (Lipinski definition) is 2. The molecule has 0 radical (unpaired) electrons. The summed E-state index contributed by atoms with van der Waals surface area (Å²) in [6, 6.07) is 6.77. The molecule has 0 saturated carbocycles. The van der Waals surface area contributed by atoms with Gasteiger partial charge in [-0.3, -0.25) is 19.2 Å². The smallest absolute Gasteiger partial charge is 0.306 e. The summed E-state index contributed by atoms with van der Waals surface area (Å²) in [5.41, 5.74) is -0.447. The molecule has 2 N–H and O–H groups in total. The van der Waals surface area contributed by atoms with Gasteiger partial charge in [-0.1, -0.05) is 56.3 Å². The number of nitrogens with one attached hydrogen (secondary N) is 1. The van der Waals surface area contributed by atoms with Crippen LogP contribution in [-0.4, -0.2) is 88.2 Å². The zero-order chi connectivity index (χ0) is 32.2. The molecule has 1 aromatic rings. The second kappa shape index (κ2) is 14.1. The number of hydrogen-bond acceptors (Lipinski definition) is 7. The van der Waals surface area contributed by atoms with Gasteiger partial charge < -0.3 is 29.7 Å². The average Bonchev–Trinajstić information content (AvgIpc) is 3.64. The van der Waals surface area contributed by atoms with Crippen molar-refractivity contribution in [3.63, 3.8) is 0 Å². The summed E-state index contributed by atoms with van der Waals surface area (Å²) in [5.74, 6) is -3.31. The standard InChI is InChI=1S/C34H47N3O7/c1-7-9-15-27(39)43-20-24(23-13-11-10-12-14-23)35-31(40)28-26-16-17-34(44-26)29(28)32(41)37(25(19-38)21(3)4)30(34)33(42)36(18-8-2)22(5)6/h7-8,10-14,21-22,24-26,28-30,38H,1-2,9,15-20H2,3-6H3,(H,35,40)/t24-,25-,26-,28+,29+,30-,34+/m0/s1. The first kappa shape index (κ1) is 33.4. The minimum Gasteiger partial charge on any atom is -0.463 e. The van der Waals surface area contributed by atoms with E-state index in [0.717, 1.165) is 5.56 Å². The van der Waals surface area contributed by atoms with Crippen molar-refractivity contribution in [2.75, 3.05) is 19.8 Å². The number of rotatable bonds is 15. The number of aliphatic hydroxyl groups excluding tert-OH is 1. The quantitative estimate of drug-likeness (QED) is 0.231. The molecule has 3 amide bonds. The zero-order valence-electron chi connectivity index (χ0n) is 26.3. The fourth-order valence-electron chi connectivity index (χ4n) is 7.14. The van der Waals surface area contributed by atoms with Crippen LogP contribution in [0.3, 0.4) is 0 Å². The third-order valence-electron chi connectivity index (χ3n) is 9.30. The van der Waals surface area contributed by atoms with E-state index < -0.39 is 53.5 Å². The molecule has 7 atom stereocenters. The summed E-state index contributed by atoms with van der Waals surface area (Å²) in [5, 5.41) is 13.5. The van der Waals surface area contributed by atoms with Gasteiger partial charge in [-0.25, -0.2) is 0 Å². The molecule has 44 heavy (non-hydrogen) atoms. The molecule has 0 aliphatic carbocycles. The average molecular weight is 610 g/mol. The van der Waals surface area contributed by atoms with Gasteiger partial charge in [0.25, 0.3) is 0 Å². The minimum atomic E-state index is -1.20. The fraction of sp³-hybridized carbons (Fsp3) is 0.588. The minimum absolute atomic E-state index is 0.0776. The van der Waals surface area contributed by atoms with Crippen LogP contribution in [-0.2, 0) is 28.7 Å². The molecular weight excluding hydrogens is 562 g/mol. The maximum Gasteiger partial charge on any atom is 0.306 e. The van der Waals surface area contributed by atoms with Crippen molar-refractivity contribution in [2.24, 2.45) is 17.8 Å². The molecule has 2 bridgehead atoms. The topological polar surface area (TPSA) is 125 Å². The summed E-state index contributed by atoms with van der Waals surface area (Å²) in [4.78, 5) is 58.4. The SMILES string of the molecule is C=CCCC(=O)OC[C@H](NC(=O)[C@@H]1[C@@H]2CC[C@]3(O2)[C@H](C(=O)N(CC=C)C(C)C)N([C@@H](CO)C(C)C)C(=O)[C@@H]13)c1ccccc1. The molecule has 3 heterocycles. The lowest BCUT2D eigenvalue weighted by molar-refractivity contribution is -0.153. The summed E-state index contributed by atoms with van der Waals surface area (Å²) in [6.07, 6.45) is 4.37. The normalized spacial score (nSPS) is 26.8. The molecule has 3 fully saturated rings. The first-order valence-electron chi connectivity index (χ1n) is 15.7. The number of amides is 3. The molecule has 10 heteroatoms. The Morgan fingerprint density at radius 1 is 1.18 bits per heavy atom. The molecule has 1 aromatic carbocycles. The Hall–Kier alpha value is -3.50. The first-order chi connectivity index (χ1) is 21.0. The van der Waals surface area contributed by atoms with Gasteiger partial charge in [-0.2, -0.15) is 0 Å². The van der Waals surface area contributed by atoms with Crippen molar-refractivity contribution in [3.05, 3.63) is 61.2 Å². The Morgan fingerprint density at radius 2 is 1.89 bits per heavy atom. The van der Waals surface area contributed by atoms with Gasteiger partial charge in [0.1, 0.15) is 18.2 Å². The highest BCUT2D eigenvalue weighted by Gasteiger charge is 2.75. The molecular formula is C34H47N3O7. The molecule has 240 valence electrons. The van der Waals surface area contributed by atoms with E-state index in [1.165, 1.54) is 4.90 Å². The second-order valence-electron chi connectivity index (χ2n) is 12.7. The summed E-state index contributed by atoms with van der Waals surface area (Å²) in [7, 11) is 0. The van der Waals surface area contributed by atoms with E-state index in [1.807, 2.05) is 58.0 Å². The predicted molar refractivity (Wildman–Crippen MR) is 165 cm³/mol. The lowest BCUT2D eigenvalue weighted by Crippen LogP contribution is -2.60. The van der Waals surface area contributed by atoms with Crippen LogP contribution in [0.2, 0.25) is 0 Å². The van der Waals surface area contributed by atoms with Gasteiger partial charge in [0, 0.05) is 19.0 Å². The highest BCUT2D eigenvalue weighted by molar-refractivity contribution is 5.99. The van der Waals surface area contributed by atoms with Crippen LogP contribution < -0.4 is 5.32 Å². The Bertz CT molecular complexity index is 1230. The zero-order valence-corrected chi connectivity index (χ0v) is 26.3. The number of aliphatic hydroxyl groups is 1. The van der Waals surface area contributed by atoms with Gasteiger partial charge in [-0.15, -0.1) is 13.2 Å². The van der Waals surface area contributed by atoms with Crippen LogP contribution in [0.5, 0.6) is 0 Å². The first-order valence-corrected chi connectivity index (χ1v) is 15.7. The summed E-state index contributed by atoms with van der Waals surface area (Å²) in [6.45, 7) is 14.9. The van der Waals surface area contributed by atoms with Crippen molar-refractivity contribution in [1.82, 2.24) is 15.1 Å². The van der Waals surface area contributed by atoms with Crippen molar-refractivity contribution >= 4 is 23.7 Å². The van der Waals surface area contributed by atoms with E-state index in [9.17, 15) is 24.3 Å². The van der Waals surface area contributed by atoms with Crippen LogP contribution >= 0.6 is 0 Å². The van der Waals surface area contributed by atoms with E-state index in [0.29, 0.717) is 25.8 Å². The predicted octanol–water partition coefficient (Wildman–Crippen LogP) is 3.17. The number of esters is 1. The van der Waals surface area contributed by atoms with Crippen molar-refractivity contribution < 1.29 is 33.8 Å². The molecule has 3 saturated heterocycles. The van der Waals surface area contributed by atoms with Gasteiger partial charge in [0.2, 0.25) is 17.7 Å². The fourth-order valence-corrected chi connectivity index (χ4v) is 7.14. The molecule has 1 spiro atoms. The van der Waals surface area contributed by atoms with E-state index in [2.05, 4.69) is 18.5 Å². The lowest BCUT2D eigenvalue weighted by Gasteiger charge is -2.41. The Balaban J connectivity index is 1.68. The van der Waals surface area contributed by atoms with E-state index in [1.54, 1.807) is 17.1 Å². The number of nitrogens with zero attached hydrogens (tertiary/aromatic N) is 2. The van der Waals surface area contributed by atoms with E-state index in [4.69, 9.17) is 9.47 Å². The lowest BCUT2D eigenvalue weighted by atomic mass is 9.70. The summed E-state index contributed by atoms with van der Waals surface area (Å²) < 4.78 is 12.1. The van der Waals surface area contributed by atoms with Crippen molar-refractivity contribution in [3.8, 4) is 0 Å². The van der Waals surface area contributed by atoms with Crippen LogP contribution in [0.25, 0.3) is 0 Å². The maximum atomic E-state index is 14.4. The Labute approximate surface area is 260 Å². The van der Waals surface area contributed by atoms with Crippen molar-refractivity contribution in [1.29, 1.82) is 0 Å². The van der Waals surface area contributed by atoms with E-state index in [-0.39, 0.29) is 43.4 Å². The summed E-state index contributed by atoms with van der Waals surface area (Å²) >= 11 is 0. The largest absolute Gasteiger partial charge is 0.463 e. The second-order valence-corrected chi connectivity index (χ2v) is 12.7. The molecule has 0 aromatic heterocycles. The van der Waals surface area contributed by atoms with Crippen LogP contribution in [0.15, 0.2) is 55.6 Å². The number of benzene rings is 1. The highest BCUT2D eigenvalue weighted by atomic mass is 16.5. The Morgan fingerprint density at radius 3 is 2.48 bits per heavy atom. The van der Waals surface area contributed by atoms with Crippen LogP contribution in [0.4, 0.5) is 0 Å². The van der Waals surface area contributed by atoms with Gasteiger partial charge in [0.05, 0.1) is 36.6 Å². The number of allylic oxidation sites excluding steroid dienone is 1. The number of carbonyl (C=O) groups excluding carboxylic acids is 4. The Kier molecular flexibility index (Phi) is 10.7. The number of ether oxygens (including phenoxy) is 2. The number of fused-ring (bicyclic) bond motifs is 1. The highest BCUT2D eigenvalue weighted by Crippen LogP contribution is 2.59. The number of carbonyl (C=O) groups is 4. The maximum absolute atomic E-state index is 14.4. The molecule has 3 aliphatic rings. The monoisotopic (exact) mass is 609 g/mol. The molecule has 0 unspecified atom stereocenters. The van der Waals surface area contributed by atoms with Crippen LogP contribution in [0, 0.1) is 17.8 Å². The third-order valence-corrected chi connectivity index (χ3v) is 9.30. The van der Waals surface area contributed by atoms with Crippen LogP contribution in [0.1, 0.15) is 65.0 Å². The van der Waals surface area contributed by atoms with Crippen molar-refractivity contribution in [2.45, 2.75) is 89.3 Å².